The molecule has 15 heavy (non-hydrogen) atoms. The van der Waals surface area contributed by atoms with Gasteiger partial charge in [-0.15, -0.1) is 0 Å². The van der Waals surface area contributed by atoms with Gasteiger partial charge in [0.15, 0.2) is 0 Å². The van der Waals surface area contributed by atoms with Crippen molar-refractivity contribution in [2.75, 3.05) is 6.54 Å². The van der Waals surface area contributed by atoms with E-state index in [0.717, 1.165) is 5.92 Å². The zero-order valence-electron chi connectivity index (χ0n) is 9.79. The van der Waals surface area contributed by atoms with Crippen molar-refractivity contribution in [2.45, 2.75) is 39.2 Å². The summed E-state index contributed by atoms with van der Waals surface area (Å²) >= 11 is 0. The van der Waals surface area contributed by atoms with Crippen LogP contribution in [0.3, 0.4) is 0 Å². The molecule has 1 aromatic rings. The fourth-order valence-electron chi connectivity index (χ4n) is 2.36. The monoisotopic (exact) mass is 203 g/mol. The minimum Gasteiger partial charge on any atom is -0.313 e. The van der Waals surface area contributed by atoms with Crippen LogP contribution in [0.5, 0.6) is 0 Å². The summed E-state index contributed by atoms with van der Waals surface area (Å²) in [4.78, 5) is 0. The minimum atomic E-state index is 0.697. The number of hydrogen-bond acceptors (Lipinski definition) is 1. The van der Waals surface area contributed by atoms with Crippen molar-refractivity contribution in [3.05, 3.63) is 35.4 Å². The van der Waals surface area contributed by atoms with Crippen LogP contribution in [0.15, 0.2) is 24.3 Å². The molecule has 1 aromatic carbocycles. The topological polar surface area (TPSA) is 12.0 Å². The van der Waals surface area contributed by atoms with Gasteiger partial charge in [0.05, 0.1) is 0 Å². The Balaban J connectivity index is 1.92. The maximum Gasteiger partial charge on any atom is 0.0108 e. The zero-order valence-corrected chi connectivity index (χ0v) is 9.79. The molecular weight excluding hydrogens is 182 g/mol. The maximum absolute atomic E-state index is 3.64. The van der Waals surface area contributed by atoms with Crippen molar-refractivity contribution in [3.63, 3.8) is 0 Å². The summed E-state index contributed by atoms with van der Waals surface area (Å²) in [5.74, 6) is 0.860. The molecule has 2 atom stereocenters. The molecule has 1 saturated heterocycles. The summed E-state index contributed by atoms with van der Waals surface area (Å²) in [5, 5.41) is 3.64. The van der Waals surface area contributed by atoms with Gasteiger partial charge in [-0.3, -0.25) is 0 Å². The van der Waals surface area contributed by atoms with E-state index < -0.39 is 0 Å². The van der Waals surface area contributed by atoms with Crippen molar-refractivity contribution in [3.8, 4) is 0 Å². The number of aryl methyl sites for hydroxylation is 1. The Labute approximate surface area is 92.9 Å². The van der Waals surface area contributed by atoms with E-state index in [1.54, 1.807) is 0 Å². The van der Waals surface area contributed by atoms with Gasteiger partial charge in [0.1, 0.15) is 0 Å². The molecule has 0 aromatic heterocycles. The van der Waals surface area contributed by atoms with Crippen molar-refractivity contribution >= 4 is 0 Å². The Morgan fingerprint density at radius 2 is 2.20 bits per heavy atom. The van der Waals surface area contributed by atoms with E-state index in [1.807, 2.05) is 0 Å². The van der Waals surface area contributed by atoms with E-state index >= 15 is 0 Å². The van der Waals surface area contributed by atoms with Crippen LogP contribution in [0.25, 0.3) is 0 Å². The maximum atomic E-state index is 3.64. The third-order valence-electron chi connectivity index (χ3n) is 3.33. The molecule has 2 rings (SSSR count). The van der Waals surface area contributed by atoms with E-state index in [0.29, 0.717) is 6.04 Å². The number of nitrogens with one attached hydrogen (secondary N) is 1. The first-order valence-electron chi connectivity index (χ1n) is 6.03. The molecule has 1 fully saturated rings. The highest BCUT2D eigenvalue weighted by molar-refractivity contribution is 5.23. The van der Waals surface area contributed by atoms with Crippen LogP contribution in [0.4, 0.5) is 0 Å². The molecule has 2 unspecified atom stereocenters. The van der Waals surface area contributed by atoms with Gasteiger partial charge in [0.2, 0.25) is 0 Å². The molecule has 0 spiro atoms. The molecule has 0 aliphatic carbocycles. The lowest BCUT2D eigenvalue weighted by Crippen LogP contribution is -2.39. The van der Waals surface area contributed by atoms with Gasteiger partial charge in [-0.25, -0.2) is 0 Å². The smallest absolute Gasteiger partial charge is 0.0108 e. The summed E-state index contributed by atoms with van der Waals surface area (Å²) in [6, 6.07) is 9.57. The van der Waals surface area contributed by atoms with Gasteiger partial charge in [-0.05, 0) is 44.2 Å². The first-order chi connectivity index (χ1) is 7.24. The Kier molecular flexibility index (Phi) is 3.42. The molecule has 1 aliphatic rings. The second-order valence-electron chi connectivity index (χ2n) is 4.98. The highest BCUT2D eigenvalue weighted by Gasteiger charge is 2.17. The lowest BCUT2D eigenvalue weighted by atomic mass is 9.92. The largest absolute Gasteiger partial charge is 0.313 e. The Morgan fingerprint density at radius 3 is 2.87 bits per heavy atom. The van der Waals surface area contributed by atoms with Gasteiger partial charge < -0.3 is 5.32 Å². The van der Waals surface area contributed by atoms with E-state index in [-0.39, 0.29) is 0 Å². The van der Waals surface area contributed by atoms with Crippen LogP contribution in [0.1, 0.15) is 30.9 Å². The highest BCUT2D eigenvalue weighted by Crippen LogP contribution is 2.17. The normalized spacial score (nSPS) is 26.5. The van der Waals surface area contributed by atoms with Gasteiger partial charge >= 0.3 is 0 Å². The summed E-state index contributed by atoms with van der Waals surface area (Å²) in [6.07, 6.45) is 3.90. The fourth-order valence-corrected chi connectivity index (χ4v) is 2.36. The molecule has 82 valence electrons. The second kappa shape index (κ2) is 4.80. The standard InChI is InChI=1S/C14H21N/c1-11-4-3-5-13(8-11)9-14-7-6-12(2)10-15-14/h3-5,8,12,14-15H,6-7,9-10H2,1-2H3. The van der Waals surface area contributed by atoms with Crippen LogP contribution < -0.4 is 5.32 Å². The molecular formula is C14H21N. The fraction of sp³-hybridized carbons (Fsp3) is 0.571. The average Bonchev–Trinajstić information content (AvgIpc) is 2.22. The summed E-state index contributed by atoms with van der Waals surface area (Å²) in [6.45, 7) is 5.69. The summed E-state index contributed by atoms with van der Waals surface area (Å²) in [5.41, 5.74) is 2.85. The van der Waals surface area contributed by atoms with Crippen LogP contribution in [0.2, 0.25) is 0 Å². The van der Waals surface area contributed by atoms with Crippen LogP contribution in [0, 0.1) is 12.8 Å². The van der Waals surface area contributed by atoms with Gasteiger partial charge in [0, 0.05) is 6.04 Å². The highest BCUT2D eigenvalue weighted by atomic mass is 14.9. The molecule has 0 amide bonds. The third-order valence-corrected chi connectivity index (χ3v) is 3.33. The van der Waals surface area contributed by atoms with Crippen molar-refractivity contribution in [1.82, 2.24) is 5.32 Å². The molecule has 0 bridgehead atoms. The molecule has 0 radical (unpaired) electrons. The second-order valence-corrected chi connectivity index (χ2v) is 4.98. The number of rotatable bonds is 2. The summed E-state index contributed by atoms with van der Waals surface area (Å²) < 4.78 is 0. The Bertz CT molecular complexity index is 311. The lowest BCUT2D eigenvalue weighted by molar-refractivity contribution is 0.326. The quantitative estimate of drug-likeness (QED) is 0.779. The van der Waals surface area contributed by atoms with Crippen molar-refractivity contribution in [2.24, 2.45) is 5.92 Å². The number of piperidine rings is 1. The Hall–Kier alpha value is -0.820. The van der Waals surface area contributed by atoms with Gasteiger partial charge in [0.25, 0.3) is 0 Å². The van der Waals surface area contributed by atoms with E-state index in [1.165, 1.54) is 36.9 Å². The molecule has 1 N–H and O–H groups in total. The first-order valence-corrected chi connectivity index (χ1v) is 6.03. The molecule has 1 nitrogen and oxygen atoms in total. The van der Waals surface area contributed by atoms with E-state index in [4.69, 9.17) is 0 Å². The van der Waals surface area contributed by atoms with Crippen LogP contribution in [-0.2, 0) is 6.42 Å². The molecule has 1 heteroatoms. The predicted octanol–water partition coefficient (Wildman–Crippen LogP) is 2.93. The third kappa shape index (κ3) is 3.07. The van der Waals surface area contributed by atoms with Crippen LogP contribution >= 0.6 is 0 Å². The molecule has 1 aliphatic heterocycles. The molecule has 1 heterocycles. The van der Waals surface area contributed by atoms with E-state index in [2.05, 4.69) is 43.4 Å². The first kappa shape index (κ1) is 10.7. The number of benzene rings is 1. The van der Waals surface area contributed by atoms with E-state index in [9.17, 15) is 0 Å². The number of hydrogen-bond donors (Lipinski definition) is 1. The summed E-state index contributed by atoms with van der Waals surface area (Å²) in [7, 11) is 0. The Morgan fingerprint density at radius 1 is 1.33 bits per heavy atom. The molecule has 0 saturated carbocycles. The lowest BCUT2D eigenvalue weighted by Gasteiger charge is -2.27. The zero-order chi connectivity index (χ0) is 10.7. The van der Waals surface area contributed by atoms with Crippen molar-refractivity contribution in [1.29, 1.82) is 0 Å². The van der Waals surface area contributed by atoms with Crippen molar-refractivity contribution < 1.29 is 0 Å². The SMILES string of the molecule is Cc1cccc(CC2CCC(C)CN2)c1. The predicted molar refractivity (Wildman–Crippen MR) is 65.1 cm³/mol. The van der Waals surface area contributed by atoms with Gasteiger partial charge in [-0.1, -0.05) is 36.8 Å². The van der Waals surface area contributed by atoms with Crippen LogP contribution in [-0.4, -0.2) is 12.6 Å². The average molecular weight is 203 g/mol. The minimum absolute atomic E-state index is 0.697. The van der Waals surface area contributed by atoms with Gasteiger partial charge in [-0.2, -0.15) is 0 Å².